The normalized spacial score (nSPS) is 14.0. The van der Waals surface area contributed by atoms with E-state index in [4.69, 9.17) is 21.0 Å². The van der Waals surface area contributed by atoms with Crippen LogP contribution in [0.4, 0.5) is 4.79 Å². The Morgan fingerprint density at radius 1 is 1.57 bits per heavy atom. The van der Waals surface area contributed by atoms with Crippen molar-refractivity contribution >= 4 is 30.3 Å². The average molecular weight is 314 g/mol. The average Bonchev–Trinajstić information content (AvgIpc) is 2.72. The third-order valence-corrected chi connectivity index (χ3v) is 3.34. The third-order valence-electron chi connectivity index (χ3n) is 2.94. The van der Waals surface area contributed by atoms with Crippen molar-refractivity contribution in [2.75, 3.05) is 0 Å². The molecule has 0 aliphatic carbocycles. The van der Waals surface area contributed by atoms with Crippen molar-refractivity contribution < 1.29 is 24.3 Å². The van der Waals surface area contributed by atoms with Gasteiger partial charge in [-0.25, -0.2) is 4.79 Å². The van der Waals surface area contributed by atoms with Crippen LogP contribution in [0, 0.1) is 0 Å². The van der Waals surface area contributed by atoms with Crippen molar-refractivity contribution in [3.05, 3.63) is 22.2 Å². The lowest BCUT2D eigenvalue weighted by Crippen LogP contribution is -2.33. The maximum atomic E-state index is 11.6. The Morgan fingerprint density at radius 3 is 2.86 bits per heavy atom. The molecule has 1 aromatic carbocycles. The maximum Gasteiger partial charge on any atom is 0.493 e. The van der Waals surface area contributed by atoms with Gasteiger partial charge in [-0.3, -0.25) is 0 Å². The summed E-state index contributed by atoms with van der Waals surface area (Å²) in [6.45, 7) is 5.60. The molecule has 3 N–H and O–H groups in total. The molecule has 114 valence electrons. The van der Waals surface area contributed by atoms with Gasteiger partial charge in [0.05, 0.1) is 11.6 Å². The second kappa shape index (κ2) is 5.75. The maximum absolute atomic E-state index is 11.6. The van der Waals surface area contributed by atoms with Crippen LogP contribution in [0.5, 0.6) is 5.75 Å². The number of aromatic hydroxyl groups is 1. The van der Waals surface area contributed by atoms with Gasteiger partial charge in [-0.05, 0) is 38.0 Å². The van der Waals surface area contributed by atoms with Crippen LogP contribution in [0.3, 0.4) is 0 Å². The van der Waals surface area contributed by atoms with Crippen LogP contribution >= 0.6 is 11.6 Å². The van der Waals surface area contributed by atoms with E-state index in [1.165, 1.54) is 6.07 Å². The smallest absolute Gasteiger partial charge is 0.493 e. The fourth-order valence-corrected chi connectivity index (χ4v) is 2.33. The van der Waals surface area contributed by atoms with Gasteiger partial charge >= 0.3 is 13.2 Å². The first kappa shape index (κ1) is 15.9. The Hall–Kier alpha value is -1.44. The Morgan fingerprint density at radius 2 is 2.24 bits per heavy atom. The minimum absolute atomic E-state index is 0.0658. The van der Waals surface area contributed by atoms with Crippen LogP contribution in [0.1, 0.15) is 31.9 Å². The molecule has 0 fully saturated rings. The van der Waals surface area contributed by atoms with Crippen molar-refractivity contribution in [1.29, 1.82) is 0 Å². The summed E-state index contributed by atoms with van der Waals surface area (Å²) in [5.74, 6) is -0.166. The van der Waals surface area contributed by atoms with E-state index in [9.17, 15) is 14.9 Å². The van der Waals surface area contributed by atoms with Gasteiger partial charge in [0.2, 0.25) is 0 Å². The van der Waals surface area contributed by atoms with E-state index in [0.717, 1.165) is 0 Å². The number of halogens is 1. The summed E-state index contributed by atoms with van der Waals surface area (Å²) in [5.41, 5.74) is 1.04. The summed E-state index contributed by atoms with van der Waals surface area (Å²) in [5, 5.41) is 22.2. The first-order chi connectivity index (χ1) is 9.69. The molecular formula is C13H17BClNO5. The molecule has 0 spiro atoms. The standard InChI is InChI=1S/C13H17BClNO5/c1-13(2,3)21-12(18)16-5-7-4-9(17)11(15)10-8(7)6-20-14(10)19/h4,17,19H,5-6H2,1-3H3,(H,16,18). The Balaban J connectivity index is 2.15. The minimum Gasteiger partial charge on any atom is -0.506 e. The summed E-state index contributed by atoms with van der Waals surface area (Å²) < 4.78 is 10.2. The van der Waals surface area contributed by atoms with Crippen LogP contribution in [-0.2, 0) is 22.5 Å². The second-order valence-electron chi connectivity index (χ2n) is 5.78. The molecule has 0 saturated heterocycles. The molecule has 0 radical (unpaired) electrons. The number of carbonyl (C=O) groups is 1. The highest BCUT2D eigenvalue weighted by molar-refractivity contribution is 6.65. The second-order valence-corrected chi connectivity index (χ2v) is 6.16. The van der Waals surface area contributed by atoms with Crippen molar-refractivity contribution in [2.24, 2.45) is 0 Å². The summed E-state index contributed by atoms with van der Waals surface area (Å²) in [6, 6.07) is 1.44. The van der Waals surface area contributed by atoms with Gasteiger partial charge in [-0.1, -0.05) is 11.6 Å². The molecule has 6 nitrogen and oxygen atoms in total. The van der Waals surface area contributed by atoms with Gasteiger partial charge in [-0.2, -0.15) is 0 Å². The highest BCUT2D eigenvalue weighted by Crippen LogP contribution is 2.29. The fourth-order valence-electron chi connectivity index (χ4n) is 2.07. The SMILES string of the molecule is CC(C)(C)OC(=O)NCc1cc(O)c(Cl)c2c1COB2O. The number of hydrogen-bond acceptors (Lipinski definition) is 5. The molecule has 1 aliphatic heterocycles. The van der Waals surface area contributed by atoms with E-state index in [1.54, 1.807) is 20.8 Å². The number of hydrogen-bond donors (Lipinski definition) is 3. The quantitative estimate of drug-likeness (QED) is 0.716. The summed E-state index contributed by atoms with van der Waals surface area (Å²) >= 11 is 5.95. The number of phenols is 1. The summed E-state index contributed by atoms with van der Waals surface area (Å²) in [4.78, 5) is 11.6. The number of benzene rings is 1. The Kier molecular flexibility index (Phi) is 4.36. The third kappa shape index (κ3) is 3.61. The van der Waals surface area contributed by atoms with Crippen LogP contribution in [0.2, 0.25) is 5.02 Å². The number of carbonyl (C=O) groups excluding carboxylic acids is 1. The van der Waals surface area contributed by atoms with E-state index >= 15 is 0 Å². The zero-order chi connectivity index (χ0) is 15.8. The molecule has 0 saturated carbocycles. The topological polar surface area (TPSA) is 88.0 Å². The minimum atomic E-state index is -1.17. The van der Waals surface area contributed by atoms with E-state index in [-0.39, 0.29) is 23.9 Å². The van der Waals surface area contributed by atoms with Crippen LogP contribution in [0.25, 0.3) is 0 Å². The van der Waals surface area contributed by atoms with Crippen molar-refractivity contribution in [2.45, 2.75) is 39.5 Å². The van der Waals surface area contributed by atoms with Crippen molar-refractivity contribution in [3.63, 3.8) is 0 Å². The predicted octanol–water partition coefficient (Wildman–Crippen LogP) is 1.29. The van der Waals surface area contributed by atoms with Gasteiger partial charge in [0.1, 0.15) is 11.4 Å². The highest BCUT2D eigenvalue weighted by atomic mass is 35.5. The van der Waals surface area contributed by atoms with Crippen molar-refractivity contribution in [1.82, 2.24) is 5.32 Å². The number of alkyl carbamates (subject to hydrolysis) is 1. The number of fused-ring (bicyclic) bond motifs is 1. The summed E-state index contributed by atoms with van der Waals surface area (Å²) in [7, 11) is -1.17. The lowest BCUT2D eigenvalue weighted by atomic mass is 9.78. The van der Waals surface area contributed by atoms with Gasteiger partial charge in [-0.15, -0.1) is 0 Å². The first-order valence-electron chi connectivity index (χ1n) is 6.48. The molecule has 8 heteroatoms. The number of nitrogens with one attached hydrogen (secondary N) is 1. The van der Waals surface area contributed by atoms with Gasteiger partial charge < -0.3 is 24.8 Å². The van der Waals surface area contributed by atoms with Gasteiger partial charge in [0.15, 0.2) is 0 Å². The molecule has 0 aromatic heterocycles. The fraction of sp³-hybridized carbons (Fsp3) is 0.462. The molecule has 2 rings (SSSR count). The van der Waals surface area contributed by atoms with Crippen LogP contribution in [0.15, 0.2) is 6.07 Å². The lowest BCUT2D eigenvalue weighted by Gasteiger charge is -2.20. The van der Waals surface area contributed by atoms with Gasteiger partial charge in [0.25, 0.3) is 0 Å². The van der Waals surface area contributed by atoms with E-state index in [2.05, 4.69) is 5.32 Å². The summed E-state index contributed by atoms with van der Waals surface area (Å²) in [6.07, 6.45) is -0.565. The van der Waals surface area contributed by atoms with Crippen LogP contribution < -0.4 is 10.8 Å². The number of amides is 1. The van der Waals surface area contributed by atoms with Crippen LogP contribution in [-0.4, -0.2) is 28.9 Å². The molecule has 21 heavy (non-hydrogen) atoms. The Labute approximate surface area is 128 Å². The molecule has 0 unspecified atom stereocenters. The zero-order valence-electron chi connectivity index (χ0n) is 12.1. The molecule has 0 bridgehead atoms. The van der Waals surface area contributed by atoms with E-state index < -0.39 is 18.8 Å². The number of phenolic OH excluding ortho intramolecular Hbond substituents is 1. The van der Waals surface area contributed by atoms with E-state index in [1.807, 2.05) is 0 Å². The monoisotopic (exact) mass is 313 g/mol. The first-order valence-corrected chi connectivity index (χ1v) is 6.86. The number of rotatable bonds is 2. The molecule has 1 amide bonds. The molecule has 0 atom stereocenters. The number of ether oxygens (including phenoxy) is 1. The Bertz CT molecular complexity index is 573. The predicted molar refractivity (Wildman–Crippen MR) is 78.6 cm³/mol. The molecule has 1 aromatic rings. The molecular weight excluding hydrogens is 296 g/mol. The van der Waals surface area contributed by atoms with E-state index in [0.29, 0.717) is 16.6 Å². The van der Waals surface area contributed by atoms with Crippen molar-refractivity contribution in [3.8, 4) is 5.75 Å². The highest BCUT2D eigenvalue weighted by Gasteiger charge is 2.33. The molecule has 1 heterocycles. The lowest BCUT2D eigenvalue weighted by molar-refractivity contribution is 0.0523. The zero-order valence-corrected chi connectivity index (χ0v) is 12.8. The largest absolute Gasteiger partial charge is 0.506 e. The van der Waals surface area contributed by atoms with Gasteiger partial charge in [0, 0.05) is 12.0 Å². The molecule has 1 aliphatic rings.